The fourth-order valence-electron chi connectivity index (χ4n) is 0.433. The maximum atomic E-state index is 8.80. The molecule has 0 radical (unpaired) electrons. The molecule has 0 aromatic carbocycles. The fraction of sp³-hybridized carbons (Fsp3) is 1.00. The Kier molecular flexibility index (Phi) is 15.4. The van der Waals surface area contributed by atoms with Crippen molar-refractivity contribution in [1.29, 1.82) is 0 Å². The number of aliphatic hydroxyl groups excluding tert-OH is 1. The minimum Gasteiger partial charge on any atom is -0.388 e. The van der Waals surface area contributed by atoms with E-state index in [-0.39, 0.29) is 0 Å². The molecule has 70 valence electrons. The summed E-state index contributed by atoms with van der Waals surface area (Å²) >= 11 is 0. The van der Waals surface area contributed by atoms with Crippen LogP contribution in [0.15, 0.2) is 0 Å². The van der Waals surface area contributed by atoms with E-state index in [0.29, 0.717) is 13.2 Å². The largest absolute Gasteiger partial charge is 0.388 e. The first-order valence-electron chi connectivity index (χ1n) is 3.88. The molecule has 0 fully saturated rings. The number of methoxy groups -OCH3 is 2. The van der Waals surface area contributed by atoms with E-state index in [9.17, 15) is 0 Å². The maximum Gasteiger partial charge on any atom is 0.101 e. The van der Waals surface area contributed by atoms with Gasteiger partial charge in [0.05, 0.1) is 13.2 Å². The second kappa shape index (κ2) is 12.5. The molecule has 11 heavy (non-hydrogen) atoms. The molecule has 0 saturated carbocycles. The van der Waals surface area contributed by atoms with Gasteiger partial charge in [-0.15, -0.1) is 0 Å². The van der Waals surface area contributed by atoms with Crippen molar-refractivity contribution in [2.75, 3.05) is 27.4 Å². The molecular weight excluding hydrogens is 144 g/mol. The van der Waals surface area contributed by atoms with Crippen molar-refractivity contribution in [2.24, 2.45) is 0 Å². The van der Waals surface area contributed by atoms with Crippen LogP contribution in [0.25, 0.3) is 0 Å². The van der Waals surface area contributed by atoms with Crippen LogP contribution in [-0.2, 0) is 9.47 Å². The molecule has 0 rings (SSSR count). The van der Waals surface area contributed by atoms with Crippen molar-refractivity contribution in [2.45, 2.75) is 26.4 Å². The van der Waals surface area contributed by atoms with E-state index in [2.05, 4.69) is 23.3 Å². The van der Waals surface area contributed by atoms with Crippen molar-refractivity contribution in [3.63, 3.8) is 0 Å². The molecule has 0 aliphatic rings. The summed E-state index contributed by atoms with van der Waals surface area (Å²) in [5.74, 6) is 0. The molecule has 0 aliphatic carbocycles. The van der Waals surface area contributed by atoms with Gasteiger partial charge in [-0.2, -0.15) is 0 Å². The Morgan fingerprint density at radius 3 is 1.55 bits per heavy atom. The second-order valence-corrected chi connectivity index (χ2v) is 2.27. The standard InChI is InChI=1S/C5H12O3.C3H8/c1-7-3-5(6)4-8-2;1-3-2/h5-6H,3-4H2,1-2H3;3H2,1-2H3. The zero-order valence-corrected chi connectivity index (χ0v) is 7.96. The van der Waals surface area contributed by atoms with Crippen LogP contribution in [-0.4, -0.2) is 38.6 Å². The molecule has 0 aromatic rings. The molecule has 0 atom stereocenters. The number of hydrogen-bond donors (Lipinski definition) is 1. The van der Waals surface area contributed by atoms with Crippen LogP contribution in [0.4, 0.5) is 0 Å². The van der Waals surface area contributed by atoms with Gasteiger partial charge in [0.2, 0.25) is 0 Å². The zero-order valence-electron chi connectivity index (χ0n) is 7.96. The van der Waals surface area contributed by atoms with E-state index in [4.69, 9.17) is 5.11 Å². The summed E-state index contributed by atoms with van der Waals surface area (Å²) in [5, 5.41) is 8.80. The van der Waals surface area contributed by atoms with Gasteiger partial charge in [0, 0.05) is 14.2 Å². The molecule has 0 unspecified atom stereocenters. The van der Waals surface area contributed by atoms with Crippen LogP contribution >= 0.6 is 0 Å². The quantitative estimate of drug-likeness (QED) is 0.675. The summed E-state index contributed by atoms with van der Waals surface area (Å²) < 4.78 is 9.25. The molecule has 0 amide bonds. The van der Waals surface area contributed by atoms with Crippen LogP contribution in [0.5, 0.6) is 0 Å². The van der Waals surface area contributed by atoms with Crippen molar-refractivity contribution >= 4 is 0 Å². The molecular formula is C8H20O3. The third-order valence-electron chi connectivity index (χ3n) is 0.718. The van der Waals surface area contributed by atoms with Gasteiger partial charge in [-0.1, -0.05) is 20.3 Å². The van der Waals surface area contributed by atoms with Crippen LogP contribution in [0, 0.1) is 0 Å². The molecule has 0 heterocycles. The lowest BCUT2D eigenvalue weighted by Gasteiger charge is -2.05. The van der Waals surface area contributed by atoms with Crippen molar-refractivity contribution in [1.82, 2.24) is 0 Å². The summed E-state index contributed by atoms with van der Waals surface area (Å²) in [5.41, 5.74) is 0. The predicted octanol–water partition coefficient (Wildman–Crippen LogP) is 1.06. The van der Waals surface area contributed by atoms with Gasteiger partial charge in [0.15, 0.2) is 0 Å². The fourth-order valence-corrected chi connectivity index (χ4v) is 0.433. The Bertz CT molecular complexity index is 51.3. The van der Waals surface area contributed by atoms with Gasteiger partial charge >= 0.3 is 0 Å². The first kappa shape index (κ1) is 13.5. The highest BCUT2D eigenvalue weighted by Gasteiger charge is 1.99. The van der Waals surface area contributed by atoms with E-state index >= 15 is 0 Å². The highest BCUT2D eigenvalue weighted by molar-refractivity contribution is 4.48. The van der Waals surface area contributed by atoms with Crippen LogP contribution in [0.1, 0.15) is 20.3 Å². The molecule has 1 N–H and O–H groups in total. The van der Waals surface area contributed by atoms with Gasteiger partial charge < -0.3 is 14.6 Å². The zero-order chi connectivity index (χ0) is 9.11. The van der Waals surface area contributed by atoms with Gasteiger partial charge in [-0.3, -0.25) is 0 Å². The van der Waals surface area contributed by atoms with E-state index in [1.165, 1.54) is 6.42 Å². The summed E-state index contributed by atoms with van der Waals surface area (Å²) in [6.45, 7) is 4.93. The Morgan fingerprint density at radius 2 is 1.36 bits per heavy atom. The first-order chi connectivity index (χ1) is 5.22. The monoisotopic (exact) mass is 164 g/mol. The lowest BCUT2D eigenvalue weighted by Crippen LogP contribution is -2.19. The van der Waals surface area contributed by atoms with E-state index < -0.39 is 6.10 Å². The third-order valence-corrected chi connectivity index (χ3v) is 0.718. The average Bonchev–Trinajstić information content (AvgIpc) is 1.90. The predicted molar refractivity (Wildman–Crippen MR) is 45.7 cm³/mol. The Balaban J connectivity index is 0. The molecule has 0 bridgehead atoms. The number of aliphatic hydroxyl groups is 1. The summed E-state index contributed by atoms with van der Waals surface area (Å²) in [4.78, 5) is 0. The van der Waals surface area contributed by atoms with Crippen LogP contribution in [0.3, 0.4) is 0 Å². The SMILES string of the molecule is CCC.COCC(O)COC. The molecule has 0 saturated heterocycles. The van der Waals surface area contributed by atoms with Crippen molar-refractivity contribution in [3.05, 3.63) is 0 Å². The Hall–Kier alpha value is -0.120. The summed E-state index contributed by atoms with van der Waals surface area (Å²) in [6, 6.07) is 0. The minimum atomic E-state index is -0.481. The van der Waals surface area contributed by atoms with Gasteiger partial charge in [0.25, 0.3) is 0 Å². The molecule has 3 nitrogen and oxygen atoms in total. The number of hydrogen-bond acceptors (Lipinski definition) is 3. The minimum absolute atomic E-state index is 0.341. The lowest BCUT2D eigenvalue weighted by molar-refractivity contribution is 0.00980. The lowest BCUT2D eigenvalue weighted by atomic mass is 10.4. The van der Waals surface area contributed by atoms with E-state index in [1.807, 2.05) is 0 Å². The molecule has 0 aromatic heterocycles. The second-order valence-electron chi connectivity index (χ2n) is 2.27. The first-order valence-corrected chi connectivity index (χ1v) is 3.88. The van der Waals surface area contributed by atoms with Gasteiger partial charge in [-0.05, 0) is 0 Å². The topological polar surface area (TPSA) is 38.7 Å². The Morgan fingerprint density at radius 1 is 1.09 bits per heavy atom. The van der Waals surface area contributed by atoms with Crippen molar-refractivity contribution < 1.29 is 14.6 Å². The van der Waals surface area contributed by atoms with E-state index in [1.54, 1.807) is 14.2 Å². The highest BCUT2D eigenvalue weighted by atomic mass is 16.5. The highest BCUT2D eigenvalue weighted by Crippen LogP contribution is 1.82. The summed E-state index contributed by atoms with van der Waals surface area (Å²) in [7, 11) is 3.08. The van der Waals surface area contributed by atoms with Gasteiger partial charge in [0.1, 0.15) is 6.10 Å². The van der Waals surface area contributed by atoms with Crippen LogP contribution in [0.2, 0.25) is 0 Å². The van der Waals surface area contributed by atoms with Gasteiger partial charge in [-0.25, -0.2) is 0 Å². The summed E-state index contributed by atoms with van der Waals surface area (Å²) in [6.07, 6.45) is 0.769. The molecule has 3 heteroatoms. The maximum absolute atomic E-state index is 8.80. The van der Waals surface area contributed by atoms with E-state index in [0.717, 1.165) is 0 Å². The molecule has 0 spiro atoms. The normalized spacial score (nSPS) is 9.27. The third kappa shape index (κ3) is 17.7. The van der Waals surface area contributed by atoms with Crippen LogP contribution < -0.4 is 0 Å². The number of ether oxygens (including phenoxy) is 2. The average molecular weight is 164 g/mol. The molecule has 0 aliphatic heterocycles. The Labute approximate surface area is 69.3 Å². The smallest absolute Gasteiger partial charge is 0.101 e. The number of rotatable bonds is 4. The van der Waals surface area contributed by atoms with Crippen molar-refractivity contribution in [3.8, 4) is 0 Å².